The van der Waals surface area contributed by atoms with E-state index < -0.39 is 25.0 Å². The average Bonchev–Trinajstić information content (AvgIpc) is 2.15. The van der Waals surface area contributed by atoms with Crippen molar-refractivity contribution in [3.8, 4) is 0 Å². The number of esters is 1. The number of rotatable bonds is 6. The maximum atomic E-state index is 10.8. The lowest BCUT2D eigenvalue weighted by Crippen LogP contribution is -2.31. The molecule has 0 saturated carbocycles. The van der Waals surface area contributed by atoms with Crippen LogP contribution in [0.5, 0.6) is 0 Å². The van der Waals surface area contributed by atoms with Gasteiger partial charge in [0.2, 0.25) is 6.79 Å². The van der Waals surface area contributed by atoms with Gasteiger partial charge in [0.05, 0.1) is 6.10 Å². The lowest BCUT2D eigenvalue weighted by atomic mass is 10.3. The zero-order valence-electron chi connectivity index (χ0n) is 8.69. The molecule has 0 aromatic rings. The minimum atomic E-state index is -0.889. The van der Waals surface area contributed by atoms with E-state index in [1.165, 1.54) is 0 Å². The fourth-order valence-corrected chi connectivity index (χ4v) is 0.677. The molecule has 0 heterocycles. The first-order valence-electron chi connectivity index (χ1n) is 4.63. The number of nitrogens with one attached hydrogen (secondary N) is 1. The average molecular weight is 218 g/mol. The van der Waals surface area contributed by atoms with Crippen molar-refractivity contribution >= 4 is 12.1 Å². The highest BCUT2D eigenvalue weighted by Crippen LogP contribution is 1.91. The second-order valence-corrected chi connectivity index (χ2v) is 2.85. The number of hydrogen-bond acceptors (Lipinski definition) is 5. The molecule has 0 aliphatic heterocycles. The molecule has 87 valence electrons. The zero-order valence-corrected chi connectivity index (χ0v) is 8.69. The van der Waals surface area contributed by atoms with E-state index in [9.17, 15) is 9.59 Å². The highest BCUT2D eigenvalue weighted by molar-refractivity contribution is 5.70. The third kappa shape index (κ3) is 9.01. The Morgan fingerprint density at radius 3 is 2.67 bits per heavy atom. The Bertz CT molecular complexity index is 205. The molecule has 0 aromatic heterocycles. The summed E-state index contributed by atoms with van der Waals surface area (Å²) in [5.74, 6) is -0.414. The largest absolute Gasteiger partial charge is 0.428 e. The van der Waals surface area contributed by atoms with Gasteiger partial charge >= 0.3 is 12.1 Å². The Hall–Kier alpha value is -1.30. The number of amides is 1. The van der Waals surface area contributed by atoms with E-state index in [2.05, 4.69) is 21.7 Å². The molecule has 0 rings (SSSR count). The van der Waals surface area contributed by atoms with Crippen molar-refractivity contribution in [2.75, 3.05) is 13.3 Å². The number of hydrogen-bond donors (Lipinski definition) is 2. The Balaban J connectivity index is 3.42. The van der Waals surface area contributed by atoms with Crippen LogP contribution in [0.4, 0.5) is 4.79 Å². The standard InChI is InChI=1S/C9H16NO5/c1-3-4-8(12)14-6-15-9(13)10-5-7(2)11/h7,11H,2-6H2,1H3,(H,10,13)/t7-/m0/s1. The normalized spacial score (nSPS) is 11.7. The van der Waals surface area contributed by atoms with Crippen molar-refractivity contribution in [3.05, 3.63) is 6.92 Å². The quantitative estimate of drug-likeness (QED) is 0.491. The Labute approximate surface area is 88.6 Å². The SMILES string of the molecule is [CH2][C@H](O)CNC(=O)OCOC(=O)CCC. The second-order valence-electron chi connectivity index (χ2n) is 2.85. The Morgan fingerprint density at radius 2 is 2.13 bits per heavy atom. The van der Waals surface area contributed by atoms with Crippen LogP contribution in [0.15, 0.2) is 0 Å². The lowest BCUT2D eigenvalue weighted by Gasteiger charge is -2.08. The monoisotopic (exact) mass is 218 g/mol. The minimum Gasteiger partial charge on any atom is -0.428 e. The van der Waals surface area contributed by atoms with Gasteiger partial charge < -0.3 is 19.9 Å². The van der Waals surface area contributed by atoms with Gasteiger partial charge in [0, 0.05) is 13.0 Å². The summed E-state index contributed by atoms with van der Waals surface area (Å²) in [6.45, 7) is 4.65. The summed E-state index contributed by atoms with van der Waals surface area (Å²) in [6.07, 6.45) is -0.677. The number of aliphatic hydroxyl groups excluding tert-OH is 1. The number of carbonyl (C=O) groups is 2. The molecule has 0 bridgehead atoms. The summed E-state index contributed by atoms with van der Waals surface area (Å²) < 4.78 is 9.04. The van der Waals surface area contributed by atoms with E-state index >= 15 is 0 Å². The molecule has 0 aromatic carbocycles. The van der Waals surface area contributed by atoms with Crippen molar-refractivity contribution in [2.24, 2.45) is 0 Å². The van der Waals surface area contributed by atoms with Gasteiger partial charge in [-0.25, -0.2) is 4.79 Å². The van der Waals surface area contributed by atoms with Gasteiger partial charge in [0.1, 0.15) is 0 Å². The van der Waals surface area contributed by atoms with Gasteiger partial charge in [-0.2, -0.15) is 0 Å². The summed E-state index contributed by atoms with van der Waals surface area (Å²) in [5, 5.41) is 10.9. The molecule has 15 heavy (non-hydrogen) atoms. The van der Waals surface area contributed by atoms with E-state index in [0.717, 1.165) is 0 Å². The van der Waals surface area contributed by atoms with Gasteiger partial charge in [-0.05, 0) is 13.3 Å². The van der Waals surface area contributed by atoms with Gasteiger partial charge in [0.15, 0.2) is 0 Å². The molecular weight excluding hydrogens is 202 g/mol. The van der Waals surface area contributed by atoms with E-state index in [1.807, 2.05) is 6.92 Å². The molecular formula is C9H16NO5. The van der Waals surface area contributed by atoms with Gasteiger partial charge in [-0.3, -0.25) is 4.79 Å². The van der Waals surface area contributed by atoms with Gasteiger partial charge in [0.25, 0.3) is 0 Å². The molecule has 1 atom stereocenters. The first-order valence-corrected chi connectivity index (χ1v) is 4.63. The number of ether oxygens (including phenoxy) is 2. The highest BCUT2D eigenvalue weighted by Gasteiger charge is 2.05. The zero-order chi connectivity index (χ0) is 11.7. The van der Waals surface area contributed by atoms with E-state index in [1.54, 1.807) is 0 Å². The molecule has 0 fully saturated rings. The molecule has 1 radical (unpaired) electrons. The molecule has 2 N–H and O–H groups in total. The van der Waals surface area contributed by atoms with Crippen molar-refractivity contribution < 1.29 is 24.2 Å². The third-order valence-corrected chi connectivity index (χ3v) is 1.35. The molecule has 0 spiro atoms. The fraction of sp³-hybridized carbons (Fsp3) is 0.667. The molecule has 0 aliphatic carbocycles. The van der Waals surface area contributed by atoms with Crippen molar-refractivity contribution in [1.29, 1.82) is 0 Å². The van der Waals surface area contributed by atoms with Crippen LogP contribution >= 0.6 is 0 Å². The van der Waals surface area contributed by atoms with Crippen LogP contribution in [-0.2, 0) is 14.3 Å². The van der Waals surface area contributed by atoms with E-state index in [4.69, 9.17) is 5.11 Å². The maximum absolute atomic E-state index is 10.8. The smallest absolute Gasteiger partial charge is 0.410 e. The predicted octanol–water partition coefficient (Wildman–Crippen LogP) is 0.208. The topological polar surface area (TPSA) is 84.9 Å². The number of carbonyl (C=O) groups excluding carboxylic acids is 2. The van der Waals surface area contributed by atoms with Crippen molar-refractivity contribution in [3.63, 3.8) is 0 Å². The minimum absolute atomic E-state index is 0.0122. The first-order chi connectivity index (χ1) is 7.06. The van der Waals surface area contributed by atoms with Crippen LogP contribution in [0.25, 0.3) is 0 Å². The predicted molar refractivity (Wildman–Crippen MR) is 51.7 cm³/mol. The third-order valence-electron chi connectivity index (χ3n) is 1.35. The second kappa shape index (κ2) is 8.05. The van der Waals surface area contributed by atoms with E-state index in [-0.39, 0.29) is 6.54 Å². The highest BCUT2D eigenvalue weighted by atomic mass is 16.7. The van der Waals surface area contributed by atoms with Gasteiger partial charge in [-0.1, -0.05) is 6.92 Å². The van der Waals surface area contributed by atoms with Crippen LogP contribution in [0.2, 0.25) is 0 Å². The molecule has 6 nitrogen and oxygen atoms in total. The Kier molecular flexibility index (Phi) is 7.35. The van der Waals surface area contributed by atoms with E-state index in [0.29, 0.717) is 12.8 Å². The van der Waals surface area contributed by atoms with Crippen molar-refractivity contribution in [1.82, 2.24) is 5.32 Å². The summed E-state index contributed by atoms with van der Waals surface area (Å²) in [4.78, 5) is 21.6. The number of alkyl carbamates (subject to hydrolysis) is 1. The van der Waals surface area contributed by atoms with Crippen LogP contribution in [0, 0.1) is 6.92 Å². The molecule has 0 saturated heterocycles. The number of aliphatic hydroxyl groups is 1. The van der Waals surface area contributed by atoms with Crippen LogP contribution < -0.4 is 5.32 Å². The summed E-state index contributed by atoms with van der Waals surface area (Å²) in [5.41, 5.74) is 0. The molecule has 0 aliphatic rings. The Morgan fingerprint density at radius 1 is 1.47 bits per heavy atom. The van der Waals surface area contributed by atoms with Gasteiger partial charge in [-0.15, -0.1) is 0 Å². The molecule has 1 amide bonds. The maximum Gasteiger partial charge on any atom is 0.410 e. The van der Waals surface area contributed by atoms with Crippen LogP contribution in [-0.4, -0.2) is 36.6 Å². The fourth-order valence-electron chi connectivity index (χ4n) is 0.677. The molecule has 6 heteroatoms. The van der Waals surface area contributed by atoms with Crippen LogP contribution in [0.1, 0.15) is 19.8 Å². The summed E-state index contributed by atoms with van der Waals surface area (Å²) in [6, 6.07) is 0. The first kappa shape index (κ1) is 13.7. The van der Waals surface area contributed by atoms with Crippen molar-refractivity contribution in [2.45, 2.75) is 25.9 Å². The van der Waals surface area contributed by atoms with Crippen LogP contribution in [0.3, 0.4) is 0 Å². The summed E-state index contributed by atoms with van der Waals surface area (Å²) in [7, 11) is 0. The lowest BCUT2D eigenvalue weighted by molar-refractivity contribution is -0.151. The summed E-state index contributed by atoms with van der Waals surface area (Å²) >= 11 is 0. The molecule has 0 unspecified atom stereocenters.